The molecule has 1 aromatic rings. The molecule has 0 bridgehead atoms. The fourth-order valence-corrected chi connectivity index (χ4v) is 2.68. The molecular weight excluding hydrogens is 268 g/mol. The smallest absolute Gasteiger partial charge is 0.0453 e. The van der Waals surface area contributed by atoms with Crippen LogP contribution in [0.3, 0.4) is 0 Å². The van der Waals surface area contributed by atoms with Crippen molar-refractivity contribution in [1.82, 2.24) is 10.2 Å². The first-order valence-electron chi connectivity index (χ1n) is 7.57. The van der Waals surface area contributed by atoms with Crippen molar-refractivity contribution in [2.75, 3.05) is 26.7 Å². The van der Waals surface area contributed by atoms with Gasteiger partial charge in [0.2, 0.25) is 0 Å². The van der Waals surface area contributed by atoms with Crippen molar-refractivity contribution in [2.45, 2.75) is 33.7 Å². The van der Waals surface area contributed by atoms with Gasteiger partial charge in [-0.1, -0.05) is 50.6 Å². The van der Waals surface area contributed by atoms with Gasteiger partial charge in [0.15, 0.2) is 0 Å². The van der Waals surface area contributed by atoms with Crippen LogP contribution in [0.2, 0.25) is 5.02 Å². The molecule has 2 atom stereocenters. The van der Waals surface area contributed by atoms with Crippen LogP contribution in [0.5, 0.6) is 0 Å². The molecular formula is C17H29ClN2. The average Bonchev–Trinajstić information content (AvgIpc) is 2.38. The summed E-state index contributed by atoms with van der Waals surface area (Å²) in [5.74, 6) is 1.34. The Kier molecular flexibility index (Phi) is 7.57. The predicted octanol–water partition coefficient (Wildman–Crippen LogP) is 4.21. The first kappa shape index (κ1) is 17.5. The molecule has 0 heterocycles. The van der Waals surface area contributed by atoms with E-state index in [1.165, 1.54) is 5.56 Å². The topological polar surface area (TPSA) is 15.3 Å². The predicted molar refractivity (Wildman–Crippen MR) is 89.4 cm³/mol. The second-order valence-electron chi connectivity index (χ2n) is 6.29. The normalized spacial score (nSPS) is 14.8. The highest BCUT2D eigenvalue weighted by molar-refractivity contribution is 6.31. The van der Waals surface area contributed by atoms with Crippen LogP contribution >= 0.6 is 11.6 Å². The van der Waals surface area contributed by atoms with E-state index in [0.29, 0.717) is 17.9 Å². The molecule has 0 radical (unpaired) electrons. The van der Waals surface area contributed by atoms with E-state index in [9.17, 15) is 0 Å². The zero-order chi connectivity index (χ0) is 15.1. The lowest BCUT2D eigenvalue weighted by Gasteiger charge is -2.28. The lowest BCUT2D eigenvalue weighted by molar-refractivity contribution is 0.223. The van der Waals surface area contributed by atoms with Crippen LogP contribution in [-0.4, -0.2) is 31.6 Å². The second-order valence-corrected chi connectivity index (χ2v) is 6.70. The number of halogens is 1. The van der Waals surface area contributed by atoms with E-state index < -0.39 is 0 Å². The summed E-state index contributed by atoms with van der Waals surface area (Å²) < 4.78 is 0. The van der Waals surface area contributed by atoms with E-state index in [0.717, 1.165) is 24.7 Å². The monoisotopic (exact) mass is 296 g/mol. The Morgan fingerprint density at radius 1 is 1.10 bits per heavy atom. The Labute approximate surface area is 129 Å². The van der Waals surface area contributed by atoms with Crippen molar-refractivity contribution in [3.8, 4) is 0 Å². The van der Waals surface area contributed by atoms with Crippen molar-refractivity contribution in [2.24, 2.45) is 11.8 Å². The zero-order valence-corrected chi connectivity index (χ0v) is 14.2. The summed E-state index contributed by atoms with van der Waals surface area (Å²) in [5.41, 5.74) is 1.21. The van der Waals surface area contributed by atoms with Gasteiger partial charge in [-0.3, -0.25) is 4.90 Å². The molecule has 1 rings (SSSR count). The summed E-state index contributed by atoms with van der Waals surface area (Å²) in [6, 6.07) is 8.46. The number of nitrogens with one attached hydrogen (secondary N) is 1. The van der Waals surface area contributed by atoms with Gasteiger partial charge in [-0.05, 0) is 50.5 Å². The van der Waals surface area contributed by atoms with Crippen LogP contribution in [-0.2, 0) is 0 Å². The van der Waals surface area contributed by atoms with Gasteiger partial charge in [-0.15, -0.1) is 0 Å². The third-order valence-corrected chi connectivity index (χ3v) is 4.01. The van der Waals surface area contributed by atoms with Crippen LogP contribution < -0.4 is 5.32 Å². The van der Waals surface area contributed by atoms with Crippen LogP contribution in [0.4, 0.5) is 0 Å². The summed E-state index contributed by atoms with van der Waals surface area (Å²) in [7, 11) is 2.17. The zero-order valence-electron chi connectivity index (χ0n) is 13.5. The molecule has 2 unspecified atom stereocenters. The Balaban J connectivity index is 2.45. The number of rotatable bonds is 8. The maximum Gasteiger partial charge on any atom is 0.0453 e. The summed E-state index contributed by atoms with van der Waals surface area (Å²) in [5, 5.41) is 4.39. The second kappa shape index (κ2) is 8.66. The Hall–Kier alpha value is -0.570. The molecule has 0 spiro atoms. The molecule has 0 aliphatic heterocycles. The molecule has 0 saturated carbocycles. The van der Waals surface area contributed by atoms with Crippen molar-refractivity contribution < 1.29 is 0 Å². The number of hydrogen-bond acceptors (Lipinski definition) is 2. The molecule has 0 saturated heterocycles. The van der Waals surface area contributed by atoms with Crippen molar-refractivity contribution in [3.63, 3.8) is 0 Å². The molecule has 0 aliphatic carbocycles. The highest BCUT2D eigenvalue weighted by Crippen LogP contribution is 2.26. The van der Waals surface area contributed by atoms with Crippen molar-refractivity contribution in [3.05, 3.63) is 34.9 Å². The van der Waals surface area contributed by atoms with Gasteiger partial charge in [0.1, 0.15) is 0 Å². The number of hydrogen-bond donors (Lipinski definition) is 1. The fraction of sp³-hybridized carbons (Fsp3) is 0.647. The fourth-order valence-electron chi connectivity index (χ4n) is 2.38. The molecule has 0 aromatic heterocycles. The molecule has 1 aromatic carbocycles. The van der Waals surface area contributed by atoms with Gasteiger partial charge < -0.3 is 5.32 Å². The minimum Gasteiger partial charge on any atom is -0.316 e. The van der Waals surface area contributed by atoms with Crippen LogP contribution in [0.25, 0.3) is 0 Å². The molecule has 2 nitrogen and oxygen atoms in total. The first-order chi connectivity index (χ1) is 9.41. The Morgan fingerprint density at radius 2 is 1.75 bits per heavy atom. The summed E-state index contributed by atoms with van der Waals surface area (Å²) >= 11 is 6.28. The number of benzene rings is 1. The van der Waals surface area contributed by atoms with E-state index in [4.69, 9.17) is 11.6 Å². The number of nitrogens with zero attached hydrogens (tertiary/aromatic N) is 1. The quantitative estimate of drug-likeness (QED) is 0.773. The van der Waals surface area contributed by atoms with Crippen LogP contribution in [0, 0.1) is 11.8 Å². The van der Waals surface area contributed by atoms with Crippen molar-refractivity contribution >= 4 is 11.6 Å². The van der Waals surface area contributed by atoms with Crippen LogP contribution in [0.1, 0.15) is 39.3 Å². The molecule has 0 aliphatic rings. The van der Waals surface area contributed by atoms with Gasteiger partial charge in [-0.25, -0.2) is 0 Å². The third-order valence-electron chi connectivity index (χ3n) is 3.66. The van der Waals surface area contributed by atoms with Crippen LogP contribution in [0.15, 0.2) is 24.3 Å². The van der Waals surface area contributed by atoms with E-state index in [2.05, 4.69) is 57.1 Å². The summed E-state index contributed by atoms with van der Waals surface area (Å²) in [6.07, 6.45) is 0. The standard InChI is InChI=1S/C17H29ClN2/c1-13(2)10-19-11-14(3)12-20(5)15(4)16-8-6-7-9-17(16)18/h6-9,13-15,19H,10-12H2,1-5H3. The SMILES string of the molecule is CC(C)CNCC(C)CN(C)C(C)c1ccccc1Cl. The lowest BCUT2D eigenvalue weighted by atomic mass is 10.1. The molecule has 114 valence electrons. The molecule has 0 amide bonds. The third kappa shape index (κ3) is 5.82. The van der Waals surface area contributed by atoms with Gasteiger partial charge >= 0.3 is 0 Å². The molecule has 0 fully saturated rings. The minimum absolute atomic E-state index is 0.344. The molecule has 20 heavy (non-hydrogen) atoms. The van der Waals surface area contributed by atoms with Gasteiger partial charge in [-0.2, -0.15) is 0 Å². The van der Waals surface area contributed by atoms with E-state index in [-0.39, 0.29) is 0 Å². The molecule has 1 N–H and O–H groups in total. The largest absolute Gasteiger partial charge is 0.316 e. The summed E-state index contributed by atoms with van der Waals surface area (Å²) in [6.45, 7) is 12.2. The Morgan fingerprint density at radius 3 is 2.35 bits per heavy atom. The highest BCUT2D eigenvalue weighted by Gasteiger charge is 2.16. The first-order valence-corrected chi connectivity index (χ1v) is 7.95. The maximum absolute atomic E-state index is 6.28. The van der Waals surface area contributed by atoms with E-state index in [1.807, 2.05) is 12.1 Å². The maximum atomic E-state index is 6.28. The Bertz CT molecular complexity index is 392. The lowest BCUT2D eigenvalue weighted by Crippen LogP contribution is -2.33. The average molecular weight is 297 g/mol. The van der Waals surface area contributed by atoms with Gasteiger partial charge in [0.25, 0.3) is 0 Å². The van der Waals surface area contributed by atoms with Gasteiger partial charge in [0.05, 0.1) is 0 Å². The summed E-state index contributed by atoms with van der Waals surface area (Å²) in [4.78, 5) is 2.38. The highest BCUT2D eigenvalue weighted by atomic mass is 35.5. The van der Waals surface area contributed by atoms with E-state index >= 15 is 0 Å². The molecule has 3 heteroatoms. The van der Waals surface area contributed by atoms with E-state index in [1.54, 1.807) is 0 Å². The van der Waals surface area contributed by atoms with Crippen molar-refractivity contribution in [1.29, 1.82) is 0 Å². The van der Waals surface area contributed by atoms with Gasteiger partial charge in [0, 0.05) is 17.6 Å². The minimum atomic E-state index is 0.344.